The molecule has 1 fully saturated rings. The molecular weight excluding hydrogens is 302 g/mol. The molecule has 5 N–H and O–H groups in total. The minimum atomic E-state index is -4.84. The Bertz CT molecular complexity index is 503. The quantitative estimate of drug-likeness (QED) is 0.333. The zero-order valence-electron chi connectivity index (χ0n) is 10.1. The van der Waals surface area contributed by atoms with Crippen LogP contribution in [0.1, 0.15) is 6.92 Å². The Kier molecular flexibility index (Phi) is 4.68. The number of nitrogens with one attached hydrogen (secondary N) is 1. The second-order valence-electron chi connectivity index (χ2n) is 3.96. The summed E-state index contributed by atoms with van der Waals surface area (Å²) >= 11 is 0. The normalized spacial score (nSPS) is 29.4. The fourth-order valence-corrected chi connectivity index (χ4v) is 2.38. The van der Waals surface area contributed by atoms with E-state index in [9.17, 15) is 33.3 Å². The van der Waals surface area contributed by atoms with Crippen LogP contribution in [-0.4, -0.2) is 71.4 Å². The maximum atomic E-state index is 11.5. The molecule has 0 saturated carbocycles. The molecule has 20 heavy (non-hydrogen) atoms. The SMILES string of the molecule is CC(=O)N[C@]1([C@@H](O)[C@H](O)C(O)CO)OS(=O)(=O)OC1=O. The number of carbonyl (C=O) groups is 2. The predicted molar refractivity (Wildman–Crippen MR) is 57.8 cm³/mol. The molecule has 1 aliphatic rings. The van der Waals surface area contributed by atoms with Crippen LogP contribution in [0.3, 0.4) is 0 Å². The summed E-state index contributed by atoms with van der Waals surface area (Å²) in [5, 5.41) is 38.9. The zero-order chi connectivity index (χ0) is 15.7. The zero-order valence-corrected chi connectivity index (χ0v) is 10.9. The van der Waals surface area contributed by atoms with Gasteiger partial charge in [0.05, 0.1) is 6.61 Å². The topological polar surface area (TPSA) is 180 Å². The summed E-state index contributed by atoms with van der Waals surface area (Å²) < 4.78 is 30.2. The number of hydrogen-bond acceptors (Lipinski definition) is 10. The molecular formula is C8H13NO10S. The van der Waals surface area contributed by atoms with E-state index in [0.717, 1.165) is 6.92 Å². The van der Waals surface area contributed by atoms with E-state index in [4.69, 9.17) is 5.11 Å². The Morgan fingerprint density at radius 2 is 1.95 bits per heavy atom. The fourth-order valence-electron chi connectivity index (χ4n) is 1.50. The number of hydrogen-bond donors (Lipinski definition) is 5. The van der Waals surface area contributed by atoms with E-state index in [2.05, 4.69) is 8.37 Å². The number of aliphatic hydroxyl groups is 4. The Hall–Kier alpha value is -1.31. The van der Waals surface area contributed by atoms with Gasteiger partial charge in [0.1, 0.15) is 18.3 Å². The third-order valence-corrected chi connectivity index (χ3v) is 3.22. The molecule has 11 nitrogen and oxygen atoms in total. The largest absolute Gasteiger partial charge is 0.454 e. The smallest absolute Gasteiger partial charge is 0.394 e. The average molecular weight is 315 g/mol. The minimum Gasteiger partial charge on any atom is -0.394 e. The van der Waals surface area contributed by atoms with E-state index in [1.54, 1.807) is 5.32 Å². The third-order valence-electron chi connectivity index (χ3n) is 2.40. The van der Waals surface area contributed by atoms with Crippen molar-refractivity contribution in [2.75, 3.05) is 6.61 Å². The van der Waals surface area contributed by atoms with E-state index < -0.39 is 52.9 Å². The van der Waals surface area contributed by atoms with Crippen LogP contribution >= 0.6 is 0 Å². The average Bonchev–Trinajstić information content (AvgIpc) is 2.55. The molecule has 1 unspecified atom stereocenters. The van der Waals surface area contributed by atoms with Crippen LogP contribution in [0.4, 0.5) is 0 Å². The first-order chi connectivity index (χ1) is 9.05. The van der Waals surface area contributed by atoms with Crippen molar-refractivity contribution in [2.45, 2.75) is 31.0 Å². The summed E-state index contributed by atoms with van der Waals surface area (Å²) in [7, 11) is -4.84. The van der Waals surface area contributed by atoms with Gasteiger partial charge in [-0.1, -0.05) is 0 Å². The lowest BCUT2D eigenvalue weighted by Gasteiger charge is -2.32. The molecule has 0 aromatic rings. The molecule has 1 heterocycles. The van der Waals surface area contributed by atoms with Crippen molar-refractivity contribution in [1.82, 2.24) is 5.32 Å². The van der Waals surface area contributed by atoms with Gasteiger partial charge in [-0.2, -0.15) is 12.6 Å². The lowest BCUT2D eigenvalue weighted by atomic mass is 9.97. The molecule has 0 spiro atoms. The van der Waals surface area contributed by atoms with Gasteiger partial charge in [0.15, 0.2) is 0 Å². The molecule has 4 atom stereocenters. The first-order valence-electron chi connectivity index (χ1n) is 5.19. The number of rotatable bonds is 5. The van der Waals surface area contributed by atoms with Crippen LogP contribution in [0, 0.1) is 0 Å². The first-order valence-corrected chi connectivity index (χ1v) is 6.52. The van der Waals surface area contributed by atoms with Gasteiger partial charge in [0, 0.05) is 6.92 Å². The van der Waals surface area contributed by atoms with E-state index in [1.807, 2.05) is 0 Å². The van der Waals surface area contributed by atoms with E-state index in [-0.39, 0.29) is 0 Å². The standard InChI is InChI=1S/C8H13NO10S/c1-3(11)9-8(6(14)5(13)4(12)2-10)7(15)18-20(16,17)19-8/h4-6,10,12-14H,2H2,1H3,(H,9,11)/t4?,5-,6+,8-/m1/s1. The Labute approximate surface area is 113 Å². The van der Waals surface area contributed by atoms with Gasteiger partial charge in [0.2, 0.25) is 5.91 Å². The van der Waals surface area contributed by atoms with Crippen LogP contribution in [0.5, 0.6) is 0 Å². The Balaban J connectivity index is 3.20. The molecule has 0 aliphatic carbocycles. The summed E-state index contributed by atoms with van der Waals surface area (Å²) in [6.45, 7) is -0.124. The molecule has 0 aromatic carbocycles. The third kappa shape index (κ3) is 3.05. The minimum absolute atomic E-state index is 0.880. The van der Waals surface area contributed by atoms with Gasteiger partial charge < -0.3 is 29.9 Å². The van der Waals surface area contributed by atoms with Crippen molar-refractivity contribution in [2.24, 2.45) is 0 Å². The van der Waals surface area contributed by atoms with Crippen molar-refractivity contribution < 1.29 is 46.8 Å². The van der Waals surface area contributed by atoms with Crippen molar-refractivity contribution in [1.29, 1.82) is 0 Å². The lowest BCUT2D eigenvalue weighted by Crippen LogP contribution is -2.65. The van der Waals surface area contributed by atoms with Gasteiger partial charge >= 0.3 is 16.4 Å². The summed E-state index contributed by atoms with van der Waals surface area (Å²) in [4.78, 5) is 22.6. The summed E-state index contributed by atoms with van der Waals surface area (Å²) in [6, 6.07) is 0. The Morgan fingerprint density at radius 1 is 1.40 bits per heavy atom. The summed E-state index contributed by atoms with van der Waals surface area (Å²) in [5.41, 5.74) is -2.94. The molecule has 0 aromatic heterocycles. The van der Waals surface area contributed by atoms with Gasteiger partial charge in [-0.25, -0.2) is 4.79 Å². The lowest BCUT2D eigenvalue weighted by molar-refractivity contribution is -0.178. The van der Waals surface area contributed by atoms with Gasteiger partial charge in [0.25, 0.3) is 5.72 Å². The van der Waals surface area contributed by atoms with Crippen LogP contribution in [0.2, 0.25) is 0 Å². The van der Waals surface area contributed by atoms with Gasteiger partial charge in [-0.05, 0) is 0 Å². The molecule has 1 saturated heterocycles. The van der Waals surface area contributed by atoms with E-state index >= 15 is 0 Å². The van der Waals surface area contributed by atoms with E-state index in [0.29, 0.717) is 0 Å². The number of amides is 1. The molecule has 1 aliphatic heterocycles. The fraction of sp³-hybridized carbons (Fsp3) is 0.750. The monoisotopic (exact) mass is 315 g/mol. The van der Waals surface area contributed by atoms with Crippen LogP contribution in [0.15, 0.2) is 0 Å². The highest BCUT2D eigenvalue weighted by Gasteiger charge is 2.62. The summed E-state index contributed by atoms with van der Waals surface area (Å²) in [5.74, 6) is -2.69. The van der Waals surface area contributed by atoms with E-state index in [1.165, 1.54) is 0 Å². The number of carbonyl (C=O) groups excluding carboxylic acids is 2. The number of aliphatic hydroxyl groups excluding tert-OH is 4. The molecule has 0 radical (unpaired) electrons. The van der Waals surface area contributed by atoms with Crippen LogP contribution < -0.4 is 5.32 Å². The maximum absolute atomic E-state index is 11.5. The highest BCUT2D eigenvalue weighted by molar-refractivity contribution is 7.82. The Morgan fingerprint density at radius 3 is 2.30 bits per heavy atom. The molecule has 12 heteroatoms. The van der Waals surface area contributed by atoms with Gasteiger partial charge in [-0.15, -0.1) is 0 Å². The maximum Gasteiger partial charge on any atom is 0.454 e. The van der Waals surface area contributed by atoms with Crippen LogP contribution in [0.25, 0.3) is 0 Å². The molecule has 116 valence electrons. The highest BCUT2D eigenvalue weighted by atomic mass is 32.3. The van der Waals surface area contributed by atoms with Crippen molar-refractivity contribution in [3.63, 3.8) is 0 Å². The van der Waals surface area contributed by atoms with Crippen LogP contribution in [-0.2, 0) is 28.4 Å². The van der Waals surface area contributed by atoms with Crippen molar-refractivity contribution >= 4 is 22.3 Å². The molecule has 0 bridgehead atoms. The van der Waals surface area contributed by atoms with Crippen molar-refractivity contribution in [3.8, 4) is 0 Å². The predicted octanol–water partition coefficient (Wildman–Crippen LogP) is -4.29. The molecule has 1 rings (SSSR count). The second-order valence-corrected chi connectivity index (χ2v) is 5.11. The second kappa shape index (κ2) is 5.59. The molecule has 1 amide bonds. The first kappa shape index (κ1) is 16.7. The summed E-state index contributed by atoms with van der Waals surface area (Å²) in [6.07, 6.45) is -6.54. The van der Waals surface area contributed by atoms with Crippen molar-refractivity contribution in [3.05, 3.63) is 0 Å². The highest BCUT2D eigenvalue weighted by Crippen LogP contribution is 2.29. The van der Waals surface area contributed by atoms with Gasteiger partial charge in [-0.3, -0.25) is 4.79 Å².